The van der Waals surface area contributed by atoms with Crippen LogP contribution in [0.5, 0.6) is 5.75 Å². The van der Waals surface area contributed by atoms with Gasteiger partial charge in [0.15, 0.2) is 0 Å². The lowest BCUT2D eigenvalue weighted by Crippen LogP contribution is -2.39. The summed E-state index contributed by atoms with van der Waals surface area (Å²) < 4.78 is 35.2. The zero-order chi connectivity index (χ0) is 19.7. The van der Waals surface area contributed by atoms with E-state index in [2.05, 4.69) is 15.6 Å². The lowest BCUT2D eigenvalue weighted by molar-refractivity contribution is 0.253. The van der Waals surface area contributed by atoms with E-state index in [4.69, 9.17) is 4.74 Å². The third kappa shape index (κ3) is 3.40. The fraction of sp³-hybridized carbons (Fsp3) is 0.381. The first-order valence-corrected chi connectivity index (χ1v) is 11.0. The van der Waals surface area contributed by atoms with Crippen molar-refractivity contribution in [3.05, 3.63) is 54.4 Å². The number of rotatable bonds is 5. The molecule has 1 fully saturated rings. The average Bonchev–Trinajstić information content (AvgIpc) is 3.03. The minimum Gasteiger partial charge on any atom is -0.495 e. The summed E-state index contributed by atoms with van der Waals surface area (Å²) in [5.41, 5.74) is 2.15. The Labute approximate surface area is 165 Å². The monoisotopic (exact) mass is 399 g/mol. The van der Waals surface area contributed by atoms with E-state index in [1.54, 1.807) is 28.6 Å². The number of hydrogen-bond acceptors (Lipinski definition) is 4. The summed E-state index contributed by atoms with van der Waals surface area (Å²) >= 11 is 0. The van der Waals surface area contributed by atoms with Crippen molar-refractivity contribution in [1.29, 1.82) is 0 Å². The van der Waals surface area contributed by atoms with Gasteiger partial charge >= 0.3 is 0 Å². The van der Waals surface area contributed by atoms with Crippen LogP contribution in [0.4, 0.5) is 0 Å². The van der Waals surface area contributed by atoms with Crippen molar-refractivity contribution in [1.82, 2.24) is 13.9 Å². The molecule has 0 saturated carbocycles. The molecule has 6 nitrogen and oxygen atoms in total. The van der Waals surface area contributed by atoms with Crippen LogP contribution in [-0.2, 0) is 16.6 Å². The Bertz CT molecular complexity index is 1080. The molecule has 1 aromatic heterocycles. The minimum atomic E-state index is -3.54. The maximum Gasteiger partial charge on any atom is 0.246 e. The highest BCUT2D eigenvalue weighted by molar-refractivity contribution is 7.89. The molecule has 0 radical (unpaired) electrons. The van der Waals surface area contributed by atoms with Crippen LogP contribution < -0.4 is 4.74 Å². The highest BCUT2D eigenvalue weighted by Crippen LogP contribution is 2.30. The molecule has 7 heteroatoms. The molecule has 0 spiro atoms. The lowest BCUT2D eigenvalue weighted by Gasteiger charge is -2.32. The Morgan fingerprint density at radius 2 is 1.75 bits per heavy atom. The summed E-state index contributed by atoms with van der Waals surface area (Å²) in [5.74, 6) is 1.83. The van der Waals surface area contributed by atoms with Crippen molar-refractivity contribution in [2.75, 3.05) is 20.2 Å². The molecule has 28 heavy (non-hydrogen) atoms. The molecule has 3 aromatic rings. The second-order valence-electron chi connectivity index (χ2n) is 7.26. The van der Waals surface area contributed by atoms with E-state index >= 15 is 0 Å². The largest absolute Gasteiger partial charge is 0.495 e. The molecule has 148 valence electrons. The summed E-state index contributed by atoms with van der Waals surface area (Å²) in [6.07, 6.45) is 1.67. The number of methoxy groups -OCH3 is 1. The maximum atomic E-state index is 13.1. The van der Waals surface area contributed by atoms with Crippen LogP contribution in [0.15, 0.2) is 53.4 Å². The standard InChI is InChI=1S/C21H25N3O3S/c1-16-22-18-7-3-4-8-19(18)24(16)15-17-11-13-23(14-12-17)28(25,26)21-10-6-5-9-20(21)27-2/h3-10,17H,11-15H2,1-2H3. The first-order chi connectivity index (χ1) is 13.5. The molecule has 0 N–H and O–H groups in total. The Hall–Kier alpha value is -2.38. The molecular formula is C21H25N3O3S. The van der Waals surface area contributed by atoms with Gasteiger partial charge in [-0.2, -0.15) is 4.31 Å². The Kier molecular flexibility index (Phi) is 5.12. The zero-order valence-corrected chi connectivity index (χ0v) is 17.0. The van der Waals surface area contributed by atoms with Crippen LogP contribution in [0.25, 0.3) is 11.0 Å². The van der Waals surface area contributed by atoms with Crippen LogP contribution in [0.2, 0.25) is 0 Å². The van der Waals surface area contributed by atoms with Crippen LogP contribution >= 0.6 is 0 Å². The number of ether oxygens (including phenoxy) is 1. The lowest BCUT2D eigenvalue weighted by atomic mass is 9.98. The fourth-order valence-electron chi connectivity index (χ4n) is 3.99. The van der Waals surface area contributed by atoms with Crippen LogP contribution in [0.3, 0.4) is 0 Å². The van der Waals surface area contributed by atoms with Gasteiger partial charge in [0.05, 0.1) is 18.1 Å². The predicted molar refractivity (Wildman–Crippen MR) is 109 cm³/mol. The van der Waals surface area contributed by atoms with Crippen molar-refractivity contribution in [3.8, 4) is 5.75 Å². The number of benzene rings is 2. The number of sulfonamides is 1. The van der Waals surface area contributed by atoms with Gasteiger partial charge in [0.25, 0.3) is 0 Å². The first-order valence-electron chi connectivity index (χ1n) is 9.55. The predicted octanol–water partition coefficient (Wildman–Crippen LogP) is 3.45. The van der Waals surface area contributed by atoms with Gasteiger partial charge in [-0.25, -0.2) is 13.4 Å². The number of imidazole rings is 1. The number of para-hydroxylation sites is 3. The number of piperidine rings is 1. The van der Waals surface area contributed by atoms with Gasteiger partial charge in [-0.05, 0) is 49.9 Å². The number of aromatic nitrogens is 2. The molecule has 4 rings (SSSR count). The molecule has 0 aliphatic carbocycles. The molecule has 1 aliphatic rings. The number of fused-ring (bicyclic) bond motifs is 1. The second kappa shape index (κ2) is 7.56. The third-order valence-corrected chi connectivity index (χ3v) is 7.48. The van der Waals surface area contributed by atoms with Crippen molar-refractivity contribution in [2.45, 2.75) is 31.2 Å². The number of hydrogen-bond donors (Lipinski definition) is 0. The quantitative estimate of drug-likeness (QED) is 0.659. The average molecular weight is 400 g/mol. The minimum absolute atomic E-state index is 0.243. The molecule has 0 atom stereocenters. The smallest absolute Gasteiger partial charge is 0.246 e. The van der Waals surface area contributed by atoms with Gasteiger partial charge in [0, 0.05) is 19.6 Å². The highest BCUT2D eigenvalue weighted by atomic mass is 32.2. The van der Waals surface area contributed by atoms with Gasteiger partial charge in [-0.3, -0.25) is 0 Å². The SMILES string of the molecule is COc1ccccc1S(=O)(=O)N1CCC(Cn2c(C)nc3ccccc32)CC1. The third-order valence-electron chi connectivity index (χ3n) is 5.55. The van der Waals surface area contributed by atoms with Crippen molar-refractivity contribution < 1.29 is 13.2 Å². The maximum absolute atomic E-state index is 13.1. The summed E-state index contributed by atoms with van der Waals surface area (Å²) in [5, 5.41) is 0. The van der Waals surface area contributed by atoms with Crippen LogP contribution in [0, 0.1) is 12.8 Å². The van der Waals surface area contributed by atoms with Gasteiger partial charge in [0.1, 0.15) is 16.5 Å². The van der Waals surface area contributed by atoms with Gasteiger partial charge in [0.2, 0.25) is 10.0 Å². The Morgan fingerprint density at radius 3 is 2.50 bits per heavy atom. The van der Waals surface area contributed by atoms with Gasteiger partial charge in [-0.15, -0.1) is 0 Å². The molecule has 2 aromatic carbocycles. The molecule has 1 saturated heterocycles. The van der Waals surface area contributed by atoms with Crippen LogP contribution in [0.1, 0.15) is 18.7 Å². The topological polar surface area (TPSA) is 64.4 Å². The van der Waals surface area contributed by atoms with E-state index < -0.39 is 10.0 Å². The highest BCUT2D eigenvalue weighted by Gasteiger charge is 2.31. The number of aryl methyl sites for hydroxylation is 1. The molecular weight excluding hydrogens is 374 g/mol. The van der Waals surface area contributed by atoms with Crippen LogP contribution in [-0.4, -0.2) is 42.5 Å². The normalized spacial score (nSPS) is 16.5. The molecule has 0 unspecified atom stereocenters. The van der Waals surface area contributed by atoms with E-state index in [9.17, 15) is 8.42 Å². The van der Waals surface area contributed by atoms with E-state index in [0.29, 0.717) is 24.8 Å². The van der Waals surface area contributed by atoms with E-state index in [-0.39, 0.29) is 4.90 Å². The van der Waals surface area contributed by atoms with E-state index in [1.165, 1.54) is 7.11 Å². The molecule has 0 amide bonds. The van der Waals surface area contributed by atoms with Gasteiger partial charge in [-0.1, -0.05) is 24.3 Å². The Balaban J connectivity index is 1.48. The van der Waals surface area contributed by atoms with Gasteiger partial charge < -0.3 is 9.30 Å². The van der Waals surface area contributed by atoms with Crippen molar-refractivity contribution in [2.24, 2.45) is 5.92 Å². The molecule has 2 heterocycles. The van der Waals surface area contributed by atoms with Crippen molar-refractivity contribution >= 4 is 21.1 Å². The van der Waals surface area contributed by atoms with Crippen molar-refractivity contribution in [3.63, 3.8) is 0 Å². The summed E-state index contributed by atoms with van der Waals surface area (Å²) in [7, 11) is -2.05. The second-order valence-corrected chi connectivity index (χ2v) is 9.16. The summed E-state index contributed by atoms with van der Waals surface area (Å²) in [6, 6.07) is 15.0. The Morgan fingerprint density at radius 1 is 1.07 bits per heavy atom. The zero-order valence-electron chi connectivity index (χ0n) is 16.2. The van der Waals surface area contributed by atoms with E-state index in [1.807, 2.05) is 25.1 Å². The number of nitrogens with zero attached hydrogens (tertiary/aromatic N) is 3. The molecule has 1 aliphatic heterocycles. The summed E-state index contributed by atoms with van der Waals surface area (Å²) in [6.45, 7) is 3.95. The van der Waals surface area contributed by atoms with E-state index in [0.717, 1.165) is 36.2 Å². The fourth-order valence-corrected chi connectivity index (χ4v) is 5.61. The summed E-state index contributed by atoms with van der Waals surface area (Å²) in [4.78, 5) is 4.88. The molecule has 0 bridgehead atoms. The first kappa shape index (κ1) is 19.0.